The molecule has 0 radical (unpaired) electrons. The molecule has 0 saturated carbocycles. The van der Waals surface area contributed by atoms with Crippen LogP contribution in [0.1, 0.15) is 161 Å². The van der Waals surface area contributed by atoms with Gasteiger partial charge in [0.1, 0.15) is 0 Å². The number of anilines is 2. The van der Waals surface area contributed by atoms with Gasteiger partial charge in [0.2, 0.25) is 0 Å². The highest BCUT2D eigenvalue weighted by Gasteiger charge is 2.44. The van der Waals surface area contributed by atoms with Crippen molar-refractivity contribution in [3.05, 3.63) is 137 Å². The van der Waals surface area contributed by atoms with Gasteiger partial charge in [0, 0.05) is 69.7 Å². The van der Waals surface area contributed by atoms with Crippen LogP contribution in [0.3, 0.4) is 0 Å². The largest absolute Gasteiger partial charge is 0.271 e. The molecule has 9 nitrogen and oxygen atoms in total. The fraction of sp³-hybridized carbons (Fsp3) is 0.311. The SMILES string of the molecule is CCCCCCC(CCCCCC)N1C(=O)c2ccc3c4ccc5c6c(ccc(c7ccc(c2c37)C1=O)c64)C(=O)N(c1ccc(N2C(=O)C(c3c(C)sc(C)c3C)=C(c3c(C)sc(C)c3C)C2=O)cc1)C5=O. The third-order valence-electron chi connectivity index (χ3n) is 15.9. The average Bonchev–Trinajstić information content (AvgIpc) is 3.88. The Morgan fingerprint density at radius 2 is 0.736 bits per heavy atom. The minimum Gasteiger partial charge on any atom is -0.271 e. The first-order valence-corrected chi connectivity index (χ1v) is 27.2. The van der Waals surface area contributed by atoms with Crippen molar-refractivity contribution in [2.45, 2.75) is 126 Å². The number of nitrogens with zero attached hydrogens (tertiary/aromatic N) is 3. The summed E-state index contributed by atoms with van der Waals surface area (Å²) in [5.41, 5.74) is 6.75. The Hall–Kier alpha value is -6.82. The van der Waals surface area contributed by atoms with E-state index in [0.717, 1.165) is 138 Å². The number of fused-ring (bicyclic) bond motifs is 2. The number of rotatable bonds is 15. The van der Waals surface area contributed by atoms with E-state index in [1.807, 2.05) is 77.9 Å². The number of carbonyl (C=O) groups excluding carboxylic acids is 6. The second-order valence-corrected chi connectivity index (χ2v) is 22.9. The van der Waals surface area contributed by atoms with E-state index in [4.69, 9.17) is 0 Å². The van der Waals surface area contributed by atoms with E-state index < -0.39 is 23.6 Å². The molecule has 3 aliphatic rings. The van der Waals surface area contributed by atoms with Crippen molar-refractivity contribution in [3.8, 4) is 0 Å². The van der Waals surface area contributed by atoms with Gasteiger partial charge in [0.25, 0.3) is 35.4 Å². The van der Waals surface area contributed by atoms with Crippen LogP contribution in [0, 0.1) is 41.5 Å². The molecule has 0 spiro atoms. The standard InChI is InChI=1S/C61H57N3O6S2/c1-9-11-13-15-17-37(18-16-14-12-10-2)62-56(65)44-27-23-40-42-25-29-46-53-47(30-26-43(51(42)53)41-24-28-45(57(62)66)52(44)50(40)41)59(68)63(58(46)67)38-19-21-39(22-20-38)64-60(69)54(48-31(3)33(5)71-35(48)7)55(61(64)70)49-32(4)34(6)72-36(49)8/h19-30,37H,9-18H2,1-8H3. The summed E-state index contributed by atoms with van der Waals surface area (Å²) >= 11 is 3.22. The molecule has 0 saturated heterocycles. The summed E-state index contributed by atoms with van der Waals surface area (Å²) in [6.45, 7) is 16.4. The van der Waals surface area contributed by atoms with Crippen LogP contribution in [0.25, 0.3) is 54.2 Å². The lowest BCUT2D eigenvalue weighted by atomic mass is 9.82. The first-order valence-electron chi connectivity index (χ1n) is 25.5. The molecule has 72 heavy (non-hydrogen) atoms. The van der Waals surface area contributed by atoms with Crippen LogP contribution in [0.4, 0.5) is 11.4 Å². The van der Waals surface area contributed by atoms with Gasteiger partial charge in [-0.05, 0) is 146 Å². The number of hydrogen-bond acceptors (Lipinski definition) is 8. The van der Waals surface area contributed by atoms with E-state index in [-0.39, 0.29) is 17.9 Å². The van der Waals surface area contributed by atoms with Crippen LogP contribution < -0.4 is 9.80 Å². The molecule has 11 rings (SSSR count). The number of unbranched alkanes of at least 4 members (excludes halogenated alkanes) is 6. The highest BCUT2D eigenvalue weighted by molar-refractivity contribution is 7.12. The van der Waals surface area contributed by atoms with Crippen LogP contribution in [-0.4, -0.2) is 46.4 Å². The molecule has 2 aromatic heterocycles. The van der Waals surface area contributed by atoms with Crippen LogP contribution in [0.15, 0.2) is 72.8 Å². The van der Waals surface area contributed by atoms with E-state index in [1.54, 1.807) is 64.0 Å². The van der Waals surface area contributed by atoms with E-state index in [9.17, 15) is 28.8 Å². The second kappa shape index (κ2) is 18.0. The molecular formula is C61H57N3O6S2. The van der Waals surface area contributed by atoms with Gasteiger partial charge in [-0.25, -0.2) is 9.80 Å². The quantitative estimate of drug-likeness (QED) is 0.0438. The molecule has 3 aliphatic heterocycles. The van der Waals surface area contributed by atoms with Crippen molar-refractivity contribution in [1.29, 1.82) is 0 Å². The van der Waals surface area contributed by atoms with Crippen molar-refractivity contribution in [2.24, 2.45) is 0 Å². The summed E-state index contributed by atoms with van der Waals surface area (Å²) < 4.78 is 0. The number of imide groups is 3. The molecule has 8 aromatic rings. The lowest BCUT2D eigenvalue weighted by Gasteiger charge is -2.35. The third-order valence-corrected chi connectivity index (χ3v) is 18.1. The lowest BCUT2D eigenvalue weighted by Crippen LogP contribution is -2.47. The highest BCUT2D eigenvalue weighted by atomic mass is 32.1. The average molecular weight is 992 g/mol. The molecule has 0 aliphatic carbocycles. The van der Waals surface area contributed by atoms with Gasteiger partial charge in [0.05, 0.1) is 22.5 Å². The van der Waals surface area contributed by atoms with Crippen molar-refractivity contribution in [1.82, 2.24) is 4.90 Å². The smallest absolute Gasteiger partial charge is 0.266 e. The zero-order valence-electron chi connectivity index (χ0n) is 42.2. The van der Waals surface area contributed by atoms with Crippen LogP contribution in [-0.2, 0) is 9.59 Å². The normalized spacial score (nSPS) is 15.1. The van der Waals surface area contributed by atoms with Crippen molar-refractivity contribution >= 4 is 124 Å². The fourth-order valence-electron chi connectivity index (χ4n) is 12.2. The van der Waals surface area contributed by atoms with E-state index in [0.29, 0.717) is 55.5 Å². The maximum atomic E-state index is 14.7. The summed E-state index contributed by atoms with van der Waals surface area (Å²) in [4.78, 5) is 96.3. The van der Waals surface area contributed by atoms with Gasteiger partial charge in [-0.15, -0.1) is 22.7 Å². The Balaban J connectivity index is 0.945. The Kier molecular flexibility index (Phi) is 11.9. The van der Waals surface area contributed by atoms with Gasteiger partial charge in [-0.2, -0.15) is 0 Å². The number of carbonyl (C=O) groups is 6. The number of thiophene rings is 2. The molecule has 0 bridgehead atoms. The predicted molar refractivity (Wildman–Crippen MR) is 293 cm³/mol. The van der Waals surface area contributed by atoms with Gasteiger partial charge in [-0.1, -0.05) is 89.5 Å². The first kappa shape index (κ1) is 47.5. The predicted octanol–water partition coefficient (Wildman–Crippen LogP) is 14.9. The Morgan fingerprint density at radius 3 is 1.07 bits per heavy atom. The maximum Gasteiger partial charge on any atom is 0.266 e. The van der Waals surface area contributed by atoms with Crippen molar-refractivity contribution < 1.29 is 28.8 Å². The van der Waals surface area contributed by atoms with E-state index in [1.165, 1.54) is 9.80 Å². The Bertz CT molecular complexity index is 3520. The lowest BCUT2D eigenvalue weighted by molar-refractivity contribution is -0.119. The second-order valence-electron chi connectivity index (χ2n) is 20.1. The third kappa shape index (κ3) is 6.97. The summed E-state index contributed by atoms with van der Waals surface area (Å²) in [5.74, 6) is -2.29. The van der Waals surface area contributed by atoms with Crippen LogP contribution >= 0.6 is 22.7 Å². The van der Waals surface area contributed by atoms with Gasteiger partial charge < -0.3 is 0 Å². The fourth-order valence-corrected chi connectivity index (χ4v) is 14.3. The number of benzene rings is 6. The molecular weight excluding hydrogens is 935 g/mol. The van der Waals surface area contributed by atoms with Crippen molar-refractivity contribution in [3.63, 3.8) is 0 Å². The molecule has 5 heterocycles. The van der Waals surface area contributed by atoms with E-state index >= 15 is 0 Å². The minimum absolute atomic E-state index is 0.166. The van der Waals surface area contributed by atoms with Crippen molar-refractivity contribution in [2.75, 3.05) is 9.80 Å². The molecule has 0 unspecified atom stereocenters. The molecule has 0 fully saturated rings. The summed E-state index contributed by atoms with van der Waals surface area (Å²) in [6, 6.07) is 21.3. The Labute approximate surface area is 427 Å². The molecule has 6 amide bonds. The molecule has 11 heteroatoms. The van der Waals surface area contributed by atoms with Crippen LogP contribution in [0.5, 0.6) is 0 Å². The summed E-state index contributed by atoms with van der Waals surface area (Å²) in [6.07, 6.45) is 10.2. The topological polar surface area (TPSA) is 112 Å². The van der Waals surface area contributed by atoms with Crippen LogP contribution in [0.2, 0.25) is 0 Å². The monoisotopic (exact) mass is 991 g/mol. The molecule has 0 atom stereocenters. The number of hydrogen-bond donors (Lipinski definition) is 0. The van der Waals surface area contributed by atoms with Gasteiger partial charge >= 0.3 is 0 Å². The zero-order valence-corrected chi connectivity index (χ0v) is 43.8. The molecule has 364 valence electrons. The Morgan fingerprint density at radius 1 is 0.389 bits per heavy atom. The number of aryl methyl sites for hydroxylation is 4. The molecule has 0 N–H and O–H groups in total. The molecule has 6 aromatic carbocycles. The summed E-state index contributed by atoms with van der Waals surface area (Å²) in [7, 11) is 0. The highest BCUT2D eigenvalue weighted by Crippen LogP contribution is 2.49. The summed E-state index contributed by atoms with van der Waals surface area (Å²) in [5, 5.41) is 6.15. The van der Waals surface area contributed by atoms with Gasteiger partial charge in [0.15, 0.2) is 0 Å². The minimum atomic E-state index is -0.493. The van der Waals surface area contributed by atoms with E-state index in [2.05, 4.69) is 13.8 Å². The van der Waals surface area contributed by atoms with Gasteiger partial charge in [-0.3, -0.25) is 33.7 Å². The zero-order chi connectivity index (χ0) is 50.6. The first-order chi connectivity index (χ1) is 34.7. The maximum absolute atomic E-state index is 14.7. The number of amides is 6.